The summed E-state index contributed by atoms with van der Waals surface area (Å²) in [5.41, 5.74) is 1.95. The molecule has 0 heterocycles. The van der Waals surface area contributed by atoms with Gasteiger partial charge >= 0.3 is 0 Å². The molecule has 4 aliphatic carbocycles. The summed E-state index contributed by atoms with van der Waals surface area (Å²) in [5, 5.41) is 0. The summed E-state index contributed by atoms with van der Waals surface area (Å²) in [5.74, 6) is 3.29. The number of rotatable bonds is 1. The molecule has 4 rings (SSSR count). The quantitative estimate of drug-likeness (QED) is 0.701. The average Bonchev–Trinajstić information content (AvgIpc) is 2.85. The number of carbonyl (C=O) groups excluding carboxylic acids is 2. The number of fused-ring (bicyclic) bond motifs is 5. The second-order valence-electron chi connectivity index (χ2n) is 9.25. The van der Waals surface area contributed by atoms with Crippen LogP contribution >= 0.6 is 0 Å². The molecule has 2 nitrogen and oxygen atoms in total. The van der Waals surface area contributed by atoms with Crippen LogP contribution in [0.2, 0.25) is 0 Å². The van der Waals surface area contributed by atoms with Crippen LogP contribution in [0.15, 0.2) is 11.6 Å². The van der Waals surface area contributed by atoms with Crippen molar-refractivity contribution in [2.75, 3.05) is 0 Å². The molecule has 0 radical (unpaired) electrons. The molecule has 3 saturated carbocycles. The first kappa shape index (κ1) is 15.6. The third kappa shape index (κ3) is 2.06. The molecule has 126 valence electrons. The van der Waals surface area contributed by atoms with E-state index >= 15 is 0 Å². The maximum atomic E-state index is 12.1. The third-order valence-corrected chi connectivity index (χ3v) is 8.45. The lowest BCUT2D eigenvalue weighted by atomic mass is 9.47. The first-order chi connectivity index (χ1) is 10.9. The smallest absolute Gasteiger partial charge is 0.155 e. The van der Waals surface area contributed by atoms with Gasteiger partial charge in [0.2, 0.25) is 0 Å². The predicted molar refractivity (Wildman–Crippen MR) is 90.9 cm³/mol. The molecule has 0 aliphatic heterocycles. The van der Waals surface area contributed by atoms with E-state index in [0.717, 1.165) is 43.4 Å². The normalized spacial score (nSPS) is 49.0. The van der Waals surface area contributed by atoms with Gasteiger partial charge in [0.15, 0.2) is 5.78 Å². The number of allylic oxidation sites excluding steroid dienone is 1. The van der Waals surface area contributed by atoms with Gasteiger partial charge in [0, 0.05) is 12.3 Å². The topological polar surface area (TPSA) is 34.1 Å². The Morgan fingerprint density at radius 1 is 1.04 bits per heavy atom. The minimum absolute atomic E-state index is 0.245. The predicted octanol–water partition coefficient (Wildman–Crippen LogP) is 4.72. The summed E-state index contributed by atoms with van der Waals surface area (Å²) in [6.45, 7) is 6.65. The Hall–Kier alpha value is -0.920. The molecular weight excluding hydrogens is 284 g/mol. The van der Waals surface area contributed by atoms with Gasteiger partial charge in [-0.05, 0) is 86.5 Å². The highest BCUT2D eigenvalue weighted by Crippen LogP contribution is 2.66. The summed E-state index contributed by atoms with van der Waals surface area (Å²) in [4.78, 5) is 24.0. The van der Waals surface area contributed by atoms with Crippen molar-refractivity contribution < 1.29 is 9.59 Å². The van der Waals surface area contributed by atoms with Crippen molar-refractivity contribution in [1.82, 2.24) is 0 Å². The van der Waals surface area contributed by atoms with Gasteiger partial charge in [-0.2, -0.15) is 0 Å². The Bertz CT molecular complexity index is 589. The molecule has 2 heteroatoms. The number of hydrogen-bond donors (Lipinski definition) is 0. The van der Waals surface area contributed by atoms with Gasteiger partial charge in [0.05, 0.1) is 0 Å². The highest BCUT2D eigenvalue weighted by molar-refractivity contribution is 5.91. The SMILES string of the molecule is CC(=O)C1CCC2C3CCC4=CC(=O)CC[C@@]4(C)C3CC[C@@]12C. The molecule has 0 N–H and O–H groups in total. The molecule has 0 spiro atoms. The fourth-order valence-electron chi connectivity index (χ4n) is 7.23. The number of hydrogen-bond acceptors (Lipinski definition) is 2. The largest absolute Gasteiger partial charge is 0.300 e. The van der Waals surface area contributed by atoms with Crippen LogP contribution in [0, 0.1) is 34.5 Å². The first-order valence-corrected chi connectivity index (χ1v) is 9.60. The van der Waals surface area contributed by atoms with E-state index < -0.39 is 0 Å². The van der Waals surface area contributed by atoms with Crippen LogP contribution in [0.5, 0.6) is 0 Å². The van der Waals surface area contributed by atoms with E-state index in [4.69, 9.17) is 0 Å². The zero-order chi connectivity index (χ0) is 16.4. The summed E-state index contributed by atoms with van der Waals surface area (Å²) < 4.78 is 0. The van der Waals surface area contributed by atoms with Gasteiger partial charge in [-0.25, -0.2) is 0 Å². The molecule has 4 unspecified atom stereocenters. The van der Waals surface area contributed by atoms with Crippen LogP contribution in [0.3, 0.4) is 0 Å². The van der Waals surface area contributed by atoms with E-state index in [1.807, 2.05) is 6.08 Å². The summed E-state index contributed by atoms with van der Waals surface area (Å²) in [7, 11) is 0. The van der Waals surface area contributed by atoms with Crippen LogP contribution in [0.4, 0.5) is 0 Å². The number of Topliss-reactive ketones (excluding diaryl/α,β-unsaturated/α-hetero) is 1. The standard InChI is InChI=1S/C21H30O2/c1-13(22)17-6-7-18-16-5-4-14-12-15(23)8-10-20(14,2)19(16)9-11-21(17,18)3/h12,16-19H,4-11H2,1-3H3/t16?,17?,18?,19?,20-,21+/m1/s1. The van der Waals surface area contributed by atoms with Crippen molar-refractivity contribution in [3.8, 4) is 0 Å². The zero-order valence-electron chi connectivity index (χ0n) is 14.9. The van der Waals surface area contributed by atoms with Crippen LogP contribution in [0.1, 0.15) is 72.1 Å². The Labute approximate surface area is 140 Å². The third-order valence-electron chi connectivity index (χ3n) is 8.45. The second kappa shape index (κ2) is 5.04. The van der Waals surface area contributed by atoms with Crippen LogP contribution in [-0.2, 0) is 9.59 Å². The molecule has 0 saturated heterocycles. The lowest BCUT2D eigenvalue weighted by Crippen LogP contribution is -2.51. The summed E-state index contributed by atoms with van der Waals surface area (Å²) in [6, 6.07) is 0. The van der Waals surface area contributed by atoms with E-state index in [2.05, 4.69) is 13.8 Å². The van der Waals surface area contributed by atoms with Crippen LogP contribution in [-0.4, -0.2) is 11.6 Å². The van der Waals surface area contributed by atoms with Crippen molar-refractivity contribution in [3.05, 3.63) is 11.6 Å². The second-order valence-corrected chi connectivity index (χ2v) is 9.25. The van der Waals surface area contributed by atoms with Crippen molar-refractivity contribution in [3.63, 3.8) is 0 Å². The molecule has 6 atom stereocenters. The molecule has 23 heavy (non-hydrogen) atoms. The van der Waals surface area contributed by atoms with Gasteiger partial charge in [0.25, 0.3) is 0 Å². The summed E-state index contributed by atoms with van der Waals surface area (Å²) in [6.07, 6.45) is 10.9. The highest BCUT2D eigenvalue weighted by Gasteiger charge is 2.59. The first-order valence-electron chi connectivity index (χ1n) is 9.60. The lowest BCUT2D eigenvalue weighted by molar-refractivity contribution is -0.128. The molecular formula is C21H30O2. The van der Waals surface area contributed by atoms with Gasteiger partial charge in [-0.3, -0.25) is 9.59 Å². The van der Waals surface area contributed by atoms with Crippen LogP contribution < -0.4 is 0 Å². The number of carbonyl (C=O) groups is 2. The van der Waals surface area contributed by atoms with Gasteiger partial charge in [-0.1, -0.05) is 19.4 Å². The molecule has 3 fully saturated rings. The van der Waals surface area contributed by atoms with E-state index in [1.165, 1.54) is 31.3 Å². The molecule has 0 amide bonds. The Morgan fingerprint density at radius 2 is 1.83 bits per heavy atom. The molecule has 0 aromatic carbocycles. The van der Waals surface area contributed by atoms with Crippen LogP contribution in [0.25, 0.3) is 0 Å². The Kier molecular flexibility index (Phi) is 3.42. The minimum Gasteiger partial charge on any atom is -0.300 e. The molecule has 0 aromatic rings. The van der Waals surface area contributed by atoms with E-state index in [1.54, 1.807) is 6.92 Å². The number of ketones is 2. The van der Waals surface area contributed by atoms with Crippen molar-refractivity contribution in [2.24, 2.45) is 34.5 Å². The maximum Gasteiger partial charge on any atom is 0.155 e. The van der Waals surface area contributed by atoms with E-state index in [9.17, 15) is 9.59 Å². The summed E-state index contributed by atoms with van der Waals surface area (Å²) >= 11 is 0. The van der Waals surface area contributed by atoms with E-state index in [0.29, 0.717) is 17.5 Å². The van der Waals surface area contributed by atoms with Crippen molar-refractivity contribution in [1.29, 1.82) is 0 Å². The highest BCUT2D eigenvalue weighted by atomic mass is 16.1. The Morgan fingerprint density at radius 3 is 2.57 bits per heavy atom. The van der Waals surface area contributed by atoms with Crippen molar-refractivity contribution >= 4 is 11.6 Å². The van der Waals surface area contributed by atoms with Gasteiger partial charge in [0.1, 0.15) is 5.78 Å². The molecule has 4 aliphatic rings. The lowest BCUT2D eigenvalue weighted by Gasteiger charge is -2.58. The monoisotopic (exact) mass is 314 g/mol. The zero-order valence-corrected chi connectivity index (χ0v) is 14.9. The van der Waals surface area contributed by atoms with E-state index in [-0.39, 0.29) is 10.8 Å². The average molecular weight is 314 g/mol. The fourth-order valence-corrected chi connectivity index (χ4v) is 7.23. The minimum atomic E-state index is 0.245. The Balaban J connectivity index is 1.67. The fraction of sp³-hybridized carbons (Fsp3) is 0.810. The van der Waals surface area contributed by atoms with Gasteiger partial charge < -0.3 is 0 Å². The maximum absolute atomic E-state index is 12.1. The molecule has 0 aromatic heterocycles. The van der Waals surface area contributed by atoms with Crippen molar-refractivity contribution in [2.45, 2.75) is 72.1 Å². The van der Waals surface area contributed by atoms with Gasteiger partial charge in [-0.15, -0.1) is 0 Å². The molecule has 0 bridgehead atoms.